The smallest absolute Gasteiger partial charge is 0.255 e. The number of anilines is 3. The number of hydrogen-bond acceptors (Lipinski definition) is 6. The zero-order valence-electron chi connectivity index (χ0n) is 23.0. The van der Waals surface area contributed by atoms with Crippen molar-refractivity contribution in [1.82, 2.24) is 20.1 Å². The third kappa shape index (κ3) is 5.83. The quantitative estimate of drug-likeness (QED) is 0.239. The molecule has 0 aliphatic carbocycles. The van der Waals surface area contributed by atoms with E-state index in [0.717, 1.165) is 35.5 Å². The molecule has 2 aromatic carbocycles. The molecule has 3 N–H and O–H groups in total. The van der Waals surface area contributed by atoms with Gasteiger partial charge in [0.15, 0.2) is 5.65 Å². The largest absolute Gasteiger partial charge is 0.471 e. The predicted molar refractivity (Wildman–Crippen MR) is 157 cm³/mol. The Morgan fingerprint density at radius 2 is 2.02 bits per heavy atom. The number of amides is 2. The Labute approximate surface area is 233 Å². The summed E-state index contributed by atoms with van der Waals surface area (Å²) in [5, 5.41) is 14.4. The molecule has 3 heterocycles. The second-order valence-corrected chi connectivity index (χ2v) is 10.4. The molecule has 1 fully saturated rings. The van der Waals surface area contributed by atoms with Gasteiger partial charge in [0.1, 0.15) is 11.5 Å². The Kier molecular flexibility index (Phi) is 7.82. The minimum atomic E-state index is -0.192. The first-order valence-corrected chi connectivity index (χ1v) is 13.5. The number of nitrogens with one attached hydrogen (secondary N) is 3. The zero-order valence-corrected chi connectivity index (χ0v) is 23.0. The number of ether oxygens (including phenoxy) is 1. The summed E-state index contributed by atoms with van der Waals surface area (Å²) in [6, 6.07) is 15.2. The van der Waals surface area contributed by atoms with Gasteiger partial charge in [0.2, 0.25) is 11.8 Å². The van der Waals surface area contributed by atoms with E-state index < -0.39 is 0 Å². The minimum absolute atomic E-state index is 0.101. The first kappa shape index (κ1) is 26.9. The van der Waals surface area contributed by atoms with Crippen molar-refractivity contribution in [2.75, 3.05) is 23.7 Å². The van der Waals surface area contributed by atoms with E-state index >= 15 is 0 Å². The topological polar surface area (TPSA) is 112 Å². The molecule has 0 spiro atoms. The Morgan fingerprint density at radius 1 is 1.18 bits per heavy atom. The van der Waals surface area contributed by atoms with E-state index in [9.17, 15) is 9.59 Å². The highest BCUT2D eigenvalue weighted by molar-refractivity contribution is 6.05. The second-order valence-electron chi connectivity index (χ2n) is 10.4. The van der Waals surface area contributed by atoms with Crippen LogP contribution in [-0.2, 0) is 4.79 Å². The highest BCUT2D eigenvalue weighted by Gasteiger charge is 2.25. The molecule has 40 heavy (non-hydrogen) atoms. The molecule has 2 aromatic heterocycles. The van der Waals surface area contributed by atoms with Gasteiger partial charge in [-0.05, 0) is 79.3 Å². The predicted octanol–water partition coefficient (Wildman–Crippen LogP) is 5.94. The molecule has 9 heteroatoms. The van der Waals surface area contributed by atoms with Crippen LogP contribution in [0, 0.1) is 6.92 Å². The second kappa shape index (κ2) is 11.6. The molecule has 0 unspecified atom stereocenters. The van der Waals surface area contributed by atoms with Gasteiger partial charge >= 0.3 is 0 Å². The maximum absolute atomic E-state index is 13.1. The summed E-state index contributed by atoms with van der Waals surface area (Å²) in [6.45, 7) is 11.1. The number of fused-ring (bicyclic) bond motifs is 1. The van der Waals surface area contributed by atoms with Crippen LogP contribution in [0.4, 0.5) is 17.1 Å². The zero-order chi connectivity index (χ0) is 28.2. The fraction of sp³-hybridized carbons (Fsp3) is 0.290. The minimum Gasteiger partial charge on any atom is -0.471 e. The summed E-state index contributed by atoms with van der Waals surface area (Å²) >= 11 is 0. The number of piperidine rings is 1. The molecule has 1 saturated heterocycles. The molecule has 9 nitrogen and oxygen atoms in total. The van der Waals surface area contributed by atoms with Gasteiger partial charge in [-0.15, -0.1) is 5.10 Å². The van der Waals surface area contributed by atoms with Crippen molar-refractivity contribution < 1.29 is 14.3 Å². The van der Waals surface area contributed by atoms with Crippen molar-refractivity contribution in [3.63, 3.8) is 0 Å². The van der Waals surface area contributed by atoms with Gasteiger partial charge in [0, 0.05) is 29.7 Å². The number of aryl methyl sites for hydroxylation is 1. The molecule has 206 valence electrons. The fourth-order valence-corrected chi connectivity index (χ4v) is 5.13. The van der Waals surface area contributed by atoms with E-state index in [1.807, 2.05) is 30.3 Å². The normalized spacial score (nSPS) is 15.2. The number of aromatic nitrogens is 3. The highest BCUT2D eigenvalue weighted by atomic mass is 16.5. The molecule has 5 rings (SSSR count). The summed E-state index contributed by atoms with van der Waals surface area (Å²) in [7, 11) is 0. The monoisotopic (exact) mass is 538 g/mol. The molecule has 0 bridgehead atoms. The Morgan fingerprint density at radius 3 is 2.80 bits per heavy atom. The number of H-pyrrole nitrogens is 1. The van der Waals surface area contributed by atoms with Gasteiger partial charge in [-0.1, -0.05) is 32.6 Å². The molecule has 0 saturated carbocycles. The number of nitrogens with zero attached hydrogens (tertiary/aromatic N) is 3. The van der Waals surface area contributed by atoms with Crippen LogP contribution in [-0.4, -0.2) is 51.1 Å². The molecule has 1 atom stereocenters. The first-order chi connectivity index (χ1) is 19.3. The number of aromatic amines is 1. The number of carbonyl (C=O) groups is 2. The van der Waals surface area contributed by atoms with Crippen LogP contribution < -0.4 is 15.4 Å². The maximum atomic E-state index is 13.1. The van der Waals surface area contributed by atoms with Crippen molar-refractivity contribution in [1.29, 1.82) is 0 Å². The van der Waals surface area contributed by atoms with Crippen molar-refractivity contribution in [3.05, 3.63) is 84.1 Å². The maximum Gasteiger partial charge on any atom is 0.255 e. The molecule has 4 aromatic rings. The lowest BCUT2D eigenvalue weighted by Crippen LogP contribution is -2.43. The van der Waals surface area contributed by atoms with E-state index in [4.69, 9.17) is 4.74 Å². The van der Waals surface area contributed by atoms with E-state index in [1.165, 1.54) is 11.6 Å². The van der Waals surface area contributed by atoms with Crippen molar-refractivity contribution in [2.45, 2.75) is 45.6 Å². The summed E-state index contributed by atoms with van der Waals surface area (Å²) in [5.74, 6) is 0.545. The SMILES string of the molecule is C=CC(=O)N1CCC[C@@H](Oc2n[nH]c3nccc(Nc4cccc(C(=O)Nc5ccc(C(C)C)c(C)c5)c4)c23)C1. The Hall–Kier alpha value is -4.66. The number of pyridine rings is 1. The fourth-order valence-electron chi connectivity index (χ4n) is 5.13. The van der Waals surface area contributed by atoms with E-state index in [1.54, 1.807) is 23.2 Å². The molecular formula is C31H34N6O3. The average Bonchev–Trinajstić information content (AvgIpc) is 3.36. The third-order valence-corrected chi connectivity index (χ3v) is 7.12. The summed E-state index contributed by atoms with van der Waals surface area (Å²) in [5.41, 5.74) is 5.75. The van der Waals surface area contributed by atoms with Crippen molar-refractivity contribution >= 4 is 39.9 Å². The van der Waals surface area contributed by atoms with Crippen LogP contribution in [0.2, 0.25) is 0 Å². The lowest BCUT2D eigenvalue weighted by Gasteiger charge is -2.31. The Bertz CT molecular complexity index is 1560. The van der Waals surface area contributed by atoms with E-state index in [2.05, 4.69) is 59.2 Å². The van der Waals surface area contributed by atoms with Gasteiger partial charge in [-0.25, -0.2) is 4.98 Å². The van der Waals surface area contributed by atoms with Gasteiger partial charge in [0.05, 0.1) is 12.2 Å². The molecule has 2 amide bonds. The summed E-state index contributed by atoms with van der Waals surface area (Å²) in [4.78, 5) is 31.3. The standard InChI is InChI=1S/C31H34N6O3/c1-5-27(38)37-15-7-10-24(18-37)40-31-28-26(13-14-32-29(28)35-36-31)33-22-9-6-8-21(17-22)30(39)34-23-11-12-25(19(2)3)20(4)16-23/h5-6,8-9,11-14,16-17,19,24H,1,7,10,15,18H2,2-4H3,(H,34,39)(H2,32,33,35,36)/t24-/m1/s1. The summed E-state index contributed by atoms with van der Waals surface area (Å²) in [6.07, 6.45) is 4.47. The number of carbonyl (C=O) groups excluding carboxylic acids is 2. The number of hydrogen-bond donors (Lipinski definition) is 3. The van der Waals surface area contributed by atoms with Crippen LogP contribution in [0.3, 0.4) is 0 Å². The number of likely N-dealkylation sites (tertiary alicyclic amines) is 1. The number of benzene rings is 2. The molecule has 1 aliphatic heterocycles. The van der Waals surface area contributed by atoms with Crippen molar-refractivity contribution in [2.24, 2.45) is 0 Å². The van der Waals surface area contributed by atoms with Gasteiger partial charge in [-0.3, -0.25) is 14.7 Å². The first-order valence-electron chi connectivity index (χ1n) is 13.5. The molecule has 0 radical (unpaired) electrons. The lowest BCUT2D eigenvalue weighted by molar-refractivity contribution is -0.128. The average molecular weight is 539 g/mol. The lowest BCUT2D eigenvalue weighted by atomic mass is 9.97. The van der Waals surface area contributed by atoms with E-state index in [-0.39, 0.29) is 17.9 Å². The van der Waals surface area contributed by atoms with Crippen LogP contribution in [0.1, 0.15) is 54.1 Å². The van der Waals surface area contributed by atoms with Gasteiger partial charge < -0.3 is 20.3 Å². The van der Waals surface area contributed by atoms with Crippen molar-refractivity contribution in [3.8, 4) is 5.88 Å². The Balaban J connectivity index is 1.33. The third-order valence-electron chi connectivity index (χ3n) is 7.12. The van der Waals surface area contributed by atoms with Crippen LogP contribution >= 0.6 is 0 Å². The number of rotatable bonds is 8. The van der Waals surface area contributed by atoms with Crippen LogP contribution in [0.15, 0.2) is 67.4 Å². The van der Waals surface area contributed by atoms with E-state index in [0.29, 0.717) is 41.5 Å². The van der Waals surface area contributed by atoms with Crippen LogP contribution in [0.25, 0.3) is 11.0 Å². The van der Waals surface area contributed by atoms with Gasteiger partial charge in [0.25, 0.3) is 5.91 Å². The molecular weight excluding hydrogens is 504 g/mol. The molecule has 1 aliphatic rings. The van der Waals surface area contributed by atoms with Gasteiger partial charge in [-0.2, -0.15) is 0 Å². The van der Waals surface area contributed by atoms with Crippen LogP contribution in [0.5, 0.6) is 5.88 Å². The highest BCUT2D eigenvalue weighted by Crippen LogP contribution is 2.33. The summed E-state index contributed by atoms with van der Waals surface area (Å²) < 4.78 is 6.26.